The van der Waals surface area contributed by atoms with Crippen LogP contribution in [0.25, 0.3) is 6.08 Å². The molecule has 0 fully saturated rings. The van der Waals surface area contributed by atoms with Crippen LogP contribution in [0.3, 0.4) is 0 Å². The summed E-state index contributed by atoms with van der Waals surface area (Å²) in [7, 11) is 0. The third-order valence-corrected chi connectivity index (χ3v) is 17.0. The molecule has 0 N–H and O–H groups in total. The summed E-state index contributed by atoms with van der Waals surface area (Å²) in [6.07, 6.45) is 11.1. The van der Waals surface area contributed by atoms with Crippen molar-refractivity contribution >= 4 is 74.0 Å². The zero-order chi connectivity index (χ0) is 43.6. The molecule has 0 amide bonds. The zero-order valence-electron chi connectivity index (χ0n) is 39.7. The van der Waals surface area contributed by atoms with Crippen LogP contribution in [0.1, 0.15) is 148 Å². The molecule has 3 heterocycles. The minimum Gasteiger partial charge on any atom is -0.311 e. The highest BCUT2D eigenvalue weighted by atomic mass is 32.1. The smallest absolute Gasteiger partial charge is 0.264 e. The Hall–Kier alpha value is -4.28. The molecule has 5 aliphatic rings. The number of aryl methyl sites for hydroxylation is 1. The Balaban J connectivity index is 1.31. The maximum absolute atomic E-state index is 2.70. The largest absolute Gasteiger partial charge is 0.311 e. The normalized spacial score (nSPS) is 21.1. The van der Waals surface area contributed by atoms with Crippen LogP contribution in [0.15, 0.2) is 90.5 Å². The molecule has 2 aliphatic heterocycles. The quantitative estimate of drug-likeness (QED) is 0.127. The first-order valence-electron chi connectivity index (χ1n) is 23.1. The van der Waals surface area contributed by atoms with Crippen LogP contribution >= 0.6 is 11.3 Å². The van der Waals surface area contributed by atoms with E-state index in [1.807, 2.05) is 0 Å². The predicted octanol–water partition coefficient (Wildman–Crippen LogP) is 14.3. The van der Waals surface area contributed by atoms with Crippen molar-refractivity contribution in [2.24, 2.45) is 16.7 Å². The van der Waals surface area contributed by atoms with Crippen molar-refractivity contribution in [3.05, 3.63) is 129 Å². The molecule has 0 radical (unpaired) electrons. The van der Waals surface area contributed by atoms with Crippen LogP contribution in [0.4, 0.5) is 34.1 Å². The Morgan fingerprint density at radius 3 is 1.72 bits per heavy atom. The molecule has 4 aromatic carbocycles. The third-order valence-electron chi connectivity index (χ3n) is 15.7. The van der Waals surface area contributed by atoms with E-state index in [0.29, 0.717) is 5.92 Å². The summed E-state index contributed by atoms with van der Waals surface area (Å²) in [6.45, 7) is 36.1. The Labute approximate surface area is 372 Å². The molecule has 4 heteroatoms. The van der Waals surface area contributed by atoms with Gasteiger partial charge in [0.1, 0.15) is 0 Å². The monoisotopic (exact) mass is 823 g/mol. The molecule has 314 valence electrons. The molecule has 61 heavy (non-hydrogen) atoms. The highest BCUT2D eigenvalue weighted by Crippen LogP contribution is 2.57. The van der Waals surface area contributed by atoms with Crippen LogP contribution in [0.2, 0.25) is 0 Å². The standard InChI is InChI=1S/C57H67BN2S/c1-34-28-46-49-47(29-34)60(38-22-18-36(19-23-38)53(5,6)7)50-39-30-40-43(57(14,15)27-24-54(40,8)9)33-48(39)61-51(50)58(49)44-31-41-42(56(12,13)26-25-55(41,10)11)32-45(44)59(46)37-20-16-35(17-21-37)52(2,3)4/h16-24,27-32,43H,25-26,33H2,1-15H3. The summed E-state index contributed by atoms with van der Waals surface area (Å²) >= 11 is 2.12. The fourth-order valence-electron chi connectivity index (χ4n) is 11.6. The fraction of sp³-hybridized carbons (Fsp3) is 0.439. The van der Waals surface area contributed by atoms with Gasteiger partial charge in [0.05, 0.1) is 5.69 Å². The molecule has 3 aliphatic carbocycles. The van der Waals surface area contributed by atoms with Crippen molar-refractivity contribution in [2.75, 3.05) is 9.80 Å². The maximum Gasteiger partial charge on any atom is 0.264 e. The van der Waals surface area contributed by atoms with Crippen molar-refractivity contribution in [3.8, 4) is 0 Å². The molecule has 0 saturated heterocycles. The Kier molecular flexibility index (Phi) is 8.63. The average molecular weight is 823 g/mol. The van der Waals surface area contributed by atoms with Crippen molar-refractivity contribution in [1.82, 2.24) is 0 Å². The number of allylic oxidation sites excluding steroid dienone is 3. The van der Waals surface area contributed by atoms with E-state index in [1.165, 1.54) is 96.0 Å². The lowest BCUT2D eigenvalue weighted by atomic mass is 9.35. The van der Waals surface area contributed by atoms with Crippen molar-refractivity contribution in [3.63, 3.8) is 0 Å². The Morgan fingerprint density at radius 1 is 0.639 bits per heavy atom. The summed E-state index contributed by atoms with van der Waals surface area (Å²) in [5.74, 6) is 0.472. The van der Waals surface area contributed by atoms with Gasteiger partial charge in [-0.05, 0) is 140 Å². The Morgan fingerprint density at radius 2 is 1.16 bits per heavy atom. The number of fused-ring (bicyclic) bond motifs is 8. The van der Waals surface area contributed by atoms with E-state index in [1.54, 1.807) is 10.5 Å². The van der Waals surface area contributed by atoms with E-state index >= 15 is 0 Å². The van der Waals surface area contributed by atoms with Crippen LogP contribution < -0.4 is 25.5 Å². The molecule has 0 spiro atoms. The van der Waals surface area contributed by atoms with Gasteiger partial charge in [0, 0.05) is 49.1 Å². The molecule has 0 bridgehead atoms. The van der Waals surface area contributed by atoms with Gasteiger partial charge < -0.3 is 9.80 Å². The van der Waals surface area contributed by atoms with E-state index in [-0.39, 0.29) is 39.2 Å². The molecule has 1 aromatic heterocycles. The number of thiophene rings is 1. The summed E-state index contributed by atoms with van der Waals surface area (Å²) in [6, 6.07) is 29.4. The summed E-state index contributed by atoms with van der Waals surface area (Å²) in [5.41, 5.74) is 21.3. The van der Waals surface area contributed by atoms with Crippen LogP contribution in [-0.2, 0) is 28.1 Å². The van der Waals surface area contributed by atoms with E-state index in [9.17, 15) is 0 Å². The first kappa shape index (κ1) is 40.8. The number of nitrogens with zero attached hydrogens (tertiary/aromatic N) is 2. The predicted molar refractivity (Wildman–Crippen MR) is 268 cm³/mol. The van der Waals surface area contributed by atoms with Crippen molar-refractivity contribution in [1.29, 1.82) is 0 Å². The van der Waals surface area contributed by atoms with Crippen molar-refractivity contribution < 1.29 is 0 Å². The molecular weight excluding hydrogens is 756 g/mol. The highest BCUT2D eigenvalue weighted by Gasteiger charge is 2.50. The first-order chi connectivity index (χ1) is 28.4. The van der Waals surface area contributed by atoms with Gasteiger partial charge in [-0.3, -0.25) is 0 Å². The van der Waals surface area contributed by atoms with E-state index in [0.717, 1.165) is 6.42 Å². The van der Waals surface area contributed by atoms with Crippen LogP contribution in [0, 0.1) is 23.7 Å². The van der Waals surface area contributed by atoms with Gasteiger partial charge in [0.2, 0.25) is 0 Å². The third kappa shape index (κ3) is 6.15. The van der Waals surface area contributed by atoms with Crippen LogP contribution in [-0.4, -0.2) is 6.71 Å². The SMILES string of the molecule is Cc1cc2c3c(c1)N(c1ccc(C(C)(C)C)cc1)c1c(sc4c1C=C1C(C4)C(C)(C)C=CC1(C)C)B3c1cc3c(cc1N2c1ccc(C(C)(C)C)cc1)C(C)(C)CCC3(C)C. The second-order valence-electron chi connectivity index (χ2n) is 24.0. The van der Waals surface area contributed by atoms with Gasteiger partial charge in [-0.25, -0.2) is 0 Å². The molecular formula is C57H67BN2S. The molecule has 1 atom stereocenters. The van der Waals surface area contributed by atoms with Gasteiger partial charge >= 0.3 is 0 Å². The van der Waals surface area contributed by atoms with E-state index < -0.39 is 0 Å². The fourth-order valence-corrected chi connectivity index (χ4v) is 13.1. The maximum atomic E-state index is 2.70. The second kappa shape index (κ2) is 12.9. The first-order valence-corrected chi connectivity index (χ1v) is 23.9. The molecule has 2 nitrogen and oxygen atoms in total. The van der Waals surface area contributed by atoms with E-state index in [4.69, 9.17) is 0 Å². The summed E-state index contributed by atoms with van der Waals surface area (Å²) in [4.78, 5) is 6.88. The van der Waals surface area contributed by atoms with Crippen molar-refractivity contribution in [2.45, 2.75) is 145 Å². The molecule has 10 rings (SSSR count). The number of benzene rings is 4. The number of hydrogen-bond acceptors (Lipinski definition) is 3. The minimum atomic E-state index is 0.000141. The Bertz CT molecular complexity index is 2700. The minimum absolute atomic E-state index is 0.000141. The molecule has 0 saturated carbocycles. The molecule has 5 aromatic rings. The van der Waals surface area contributed by atoms with Gasteiger partial charge in [0.15, 0.2) is 0 Å². The number of hydrogen-bond donors (Lipinski definition) is 0. The van der Waals surface area contributed by atoms with Crippen LogP contribution in [0.5, 0.6) is 0 Å². The van der Waals surface area contributed by atoms with Gasteiger partial charge in [-0.1, -0.05) is 151 Å². The topological polar surface area (TPSA) is 6.48 Å². The number of anilines is 6. The zero-order valence-corrected chi connectivity index (χ0v) is 40.6. The lowest BCUT2D eigenvalue weighted by molar-refractivity contribution is 0.267. The number of rotatable bonds is 2. The molecule has 1 unspecified atom stereocenters. The highest BCUT2D eigenvalue weighted by molar-refractivity contribution is 7.29. The average Bonchev–Trinajstić information content (AvgIpc) is 3.55. The summed E-state index contributed by atoms with van der Waals surface area (Å²) < 4.78 is 1.50. The second-order valence-corrected chi connectivity index (χ2v) is 25.2. The van der Waals surface area contributed by atoms with Gasteiger partial charge in [0.25, 0.3) is 6.71 Å². The van der Waals surface area contributed by atoms with E-state index in [2.05, 4.69) is 216 Å². The lowest BCUT2D eigenvalue weighted by Gasteiger charge is -2.47. The summed E-state index contributed by atoms with van der Waals surface area (Å²) in [5, 5.41) is 0. The lowest BCUT2D eigenvalue weighted by Crippen LogP contribution is -2.61. The van der Waals surface area contributed by atoms with Gasteiger partial charge in [-0.15, -0.1) is 0 Å². The van der Waals surface area contributed by atoms with Gasteiger partial charge in [-0.2, -0.15) is 11.3 Å².